The predicted octanol–water partition coefficient (Wildman–Crippen LogP) is -0.0269. The van der Waals surface area contributed by atoms with E-state index in [9.17, 15) is 8.42 Å². The molecule has 0 aromatic carbocycles. The van der Waals surface area contributed by atoms with E-state index in [1.54, 1.807) is 20.8 Å². The minimum atomic E-state index is -3.65. The Morgan fingerprint density at radius 3 is 2.47 bits per heavy atom. The molecule has 0 unspecified atom stereocenters. The van der Waals surface area contributed by atoms with E-state index in [0.29, 0.717) is 11.4 Å². The van der Waals surface area contributed by atoms with Crippen LogP contribution in [0.2, 0.25) is 0 Å². The molecule has 0 fully saturated rings. The molecular weight excluding hydrogens is 242 g/mol. The highest BCUT2D eigenvalue weighted by molar-refractivity contribution is 7.89. The van der Waals surface area contributed by atoms with Gasteiger partial charge >= 0.3 is 0 Å². The molecule has 7 nitrogen and oxygen atoms in total. The summed E-state index contributed by atoms with van der Waals surface area (Å²) in [6.07, 6.45) is 0. The number of rotatable bonds is 5. The Bertz CT molecular complexity index is 500. The summed E-state index contributed by atoms with van der Waals surface area (Å²) in [5.74, 6) is -0.186. The highest BCUT2D eigenvalue weighted by Gasteiger charge is 2.28. The number of aryl methyl sites for hydroxylation is 2. The maximum Gasteiger partial charge on any atom is 0.247 e. The van der Waals surface area contributed by atoms with Crippen LogP contribution in [-0.4, -0.2) is 41.8 Å². The lowest BCUT2D eigenvalue weighted by molar-refractivity contribution is 0.465. The van der Waals surface area contributed by atoms with E-state index in [-0.39, 0.29) is 23.8 Å². The number of nitrogens with zero attached hydrogens (tertiary/aromatic N) is 2. The highest BCUT2D eigenvalue weighted by atomic mass is 32.2. The molecule has 8 heteroatoms. The van der Waals surface area contributed by atoms with Crippen molar-refractivity contribution in [1.82, 2.24) is 14.5 Å². The van der Waals surface area contributed by atoms with Gasteiger partial charge in [-0.3, -0.25) is 10.5 Å². The van der Waals surface area contributed by atoms with Crippen LogP contribution in [0.15, 0.2) is 4.90 Å². The number of aromatic amines is 1. The van der Waals surface area contributed by atoms with E-state index < -0.39 is 10.0 Å². The molecular formula is C9H17N5O2S. The maximum absolute atomic E-state index is 12.3. The van der Waals surface area contributed by atoms with Crippen molar-refractivity contribution < 1.29 is 8.42 Å². The molecule has 0 bridgehead atoms. The number of hydrogen-bond acceptors (Lipinski definition) is 4. The monoisotopic (exact) mass is 259 g/mol. The smallest absolute Gasteiger partial charge is 0.247 e. The van der Waals surface area contributed by atoms with Gasteiger partial charge in [0.05, 0.1) is 17.9 Å². The molecule has 96 valence electrons. The first-order chi connectivity index (χ1) is 7.80. The van der Waals surface area contributed by atoms with Crippen LogP contribution in [-0.2, 0) is 10.0 Å². The summed E-state index contributed by atoms with van der Waals surface area (Å²) < 4.78 is 25.8. The average Bonchev–Trinajstić information content (AvgIpc) is 2.54. The third-order valence-corrected chi connectivity index (χ3v) is 4.54. The van der Waals surface area contributed by atoms with Gasteiger partial charge in [0.15, 0.2) is 0 Å². The van der Waals surface area contributed by atoms with Crippen molar-refractivity contribution in [3.63, 3.8) is 0 Å². The molecule has 4 N–H and O–H groups in total. The summed E-state index contributed by atoms with van der Waals surface area (Å²) >= 11 is 0. The summed E-state index contributed by atoms with van der Waals surface area (Å²) in [5, 5.41) is 13.7. The minimum Gasteiger partial charge on any atom is -0.387 e. The fourth-order valence-corrected chi connectivity index (χ4v) is 3.37. The summed E-state index contributed by atoms with van der Waals surface area (Å²) in [6.45, 7) is 5.12. The number of likely N-dealkylation sites (N-methyl/N-ethyl adjacent to an activating group) is 1. The molecule has 0 aliphatic heterocycles. The van der Waals surface area contributed by atoms with Crippen molar-refractivity contribution in [3.05, 3.63) is 11.4 Å². The second kappa shape index (κ2) is 4.84. The van der Waals surface area contributed by atoms with E-state index in [1.807, 2.05) is 0 Å². The zero-order chi connectivity index (χ0) is 13.2. The van der Waals surface area contributed by atoms with Gasteiger partial charge in [-0.25, -0.2) is 8.42 Å². The molecule has 0 saturated heterocycles. The van der Waals surface area contributed by atoms with Crippen molar-refractivity contribution in [2.45, 2.75) is 25.7 Å². The van der Waals surface area contributed by atoms with Gasteiger partial charge in [0, 0.05) is 6.54 Å². The molecule has 0 atom stereocenters. The number of H-pyrrole nitrogens is 1. The van der Waals surface area contributed by atoms with Crippen LogP contribution in [0.25, 0.3) is 0 Å². The van der Waals surface area contributed by atoms with Crippen molar-refractivity contribution in [2.75, 3.05) is 13.1 Å². The van der Waals surface area contributed by atoms with Crippen LogP contribution in [0.1, 0.15) is 18.3 Å². The van der Waals surface area contributed by atoms with E-state index in [2.05, 4.69) is 10.2 Å². The lowest BCUT2D eigenvalue weighted by Crippen LogP contribution is -2.38. The van der Waals surface area contributed by atoms with Gasteiger partial charge in [0.1, 0.15) is 10.7 Å². The van der Waals surface area contributed by atoms with Gasteiger partial charge in [-0.2, -0.15) is 9.40 Å². The number of nitrogens with one attached hydrogen (secondary N) is 2. The van der Waals surface area contributed by atoms with E-state index in [0.717, 1.165) is 4.31 Å². The molecule has 1 heterocycles. The summed E-state index contributed by atoms with van der Waals surface area (Å²) in [4.78, 5) is 0.167. The molecule has 0 spiro atoms. The van der Waals surface area contributed by atoms with Gasteiger partial charge in [-0.15, -0.1) is 0 Å². The van der Waals surface area contributed by atoms with Gasteiger partial charge in [-0.1, -0.05) is 6.92 Å². The fourth-order valence-electron chi connectivity index (χ4n) is 1.61. The first-order valence-electron chi connectivity index (χ1n) is 5.15. The van der Waals surface area contributed by atoms with Gasteiger partial charge < -0.3 is 5.73 Å². The normalized spacial score (nSPS) is 12.0. The van der Waals surface area contributed by atoms with Crippen LogP contribution in [0.3, 0.4) is 0 Å². The third-order valence-electron chi connectivity index (χ3n) is 2.36. The van der Waals surface area contributed by atoms with Crippen molar-refractivity contribution in [1.29, 1.82) is 5.41 Å². The SMILES string of the molecule is CCN(CC(=N)N)S(=O)(=O)c1c(C)n[nH]c1C. The Morgan fingerprint density at radius 2 is 2.12 bits per heavy atom. The van der Waals surface area contributed by atoms with Crippen molar-refractivity contribution in [3.8, 4) is 0 Å². The topological polar surface area (TPSA) is 116 Å². The Morgan fingerprint density at radius 1 is 1.53 bits per heavy atom. The Kier molecular flexibility index (Phi) is 3.89. The molecule has 0 aliphatic rings. The van der Waals surface area contributed by atoms with E-state index >= 15 is 0 Å². The Labute approximate surface area is 101 Å². The quantitative estimate of drug-likeness (QED) is 0.508. The lowest BCUT2D eigenvalue weighted by atomic mass is 10.4. The number of aromatic nitrogens is 2. The maximum atomic E-state index is 12.3. The van der Waals surface area contributed by atoms with Crippen molar-refractivity contribution in [2.24, 2.45) is 5.73 Å². The molecule has 0 aliphatic carbocycles. The Hall–Kier alpha value is -1.41. The minimum absolute atomic E-state index is 0.108. The predicted molar refractivity (Wildman–Crippen MR) is 64.4 cm³/mol. The molecule has 0 radical (unpaired) electrons. The van der Waals surface area contributed by atoms with Crippen LogP contribution < -0.4 is 5.73 Å². The number of nitrogens with two attached hydrogens (primary N) is 1. The zero-order valence-corrected chi connectivity index (χ0v) is 10.9. The van der Waals surface area contributed by atoms with Gasteiger partial charge in [-0.05, 0) is 13.8 Å². The van der Waals surface area contributed by atoms with Gasteiger partial charge in [0.2, 0.25) is 10.0 Å². The first kappa shape index (κ1) is 13.7. The fraction of sp³-hybridized carbons (Fsp3) is 0.556. The number of sulfonamides is 1. The third kappa shape index (κ3) is 2.64. The zero-order valence-electron chi connectivity index (χ0n) is 10.1. The summed E-state index contributed by atoms with van der Waals surface area (Å²) in [7, 11) is -3.65. The van der Waals surface area contributed by atoms with E-state index in [1.165, 1.54) is 0 Å². The van der Waals surface area contributed by atoms with Crippen LogP contribution >= 0.6 is 0 Å². The van der Waals surface area contributed by atoms with E-state index in [4.69, 9.17) is 11.1 Å². The highest BCUT2D eigenvalue weighted by Crippen LogP contribution is 2.21. The molecule has 0 saturated carbocycles. The lowest BCUT2D eigenvalue weighted by Gasteiger charge is -2.19. The molecule has 17 heavy (non-hydrogen) atoms. The summed E-state index contributed by atoms with van der Waals surface area (Å²) in [6, 6.07) is 0. The second-order valence-electron chi connectivity index (χ2n) is 3.72. The molecule has 0 amide bonds. The molecule has 1 rings (SSSR count). The van der Waals surface area contributed by atoms with Crippen LogP contribution in [0, 0.1) is 19.3 Å². The second-order valence-corrected chi connectivity index (χ2v) is 5.59. The first-order valence-corrected chi connectivity index (χ1v) is 6.59. The summed E-state index contributed by atoms with van der Waals surface area (Å²) in [5.41, 5.74) is 6.16. The molecule has 1 aromatic rings. The molecule has 1 aromatic heterocycles. The largest absolute Gasteiger partial charge is 0.387 e. The van der Waals surface area contributed by atoms with Crippen LogP contribution in [0.5, 0.6) is 0 Å². The Balaban J connectivity index is 3.22. The number of amidine groups is 1. The average molecular weight is 259 g/mol. The van der Waals surface area contributed by atoms with Crippen molar-refractivity contribution >= 4 is 15.9 Å². The standard InChI is InChI=1S/C9H17N5O2S/c1-4-14(5-8(10)11)17(15,16)9-6(2)12-13-7(9)3/h4-5H2,1-3H3,(H3,10,11)(H,12,13). The van der Waals surface area contributed by atoms with Crippen LogP contribution in [0.4, 0.5) is 0 Å². The number of hydrogen-bond donors (Lipinski definition) is 3. The van der Waals surface area contributed by atoms with Gasteiger partial charge in [0.25, 0.3) is 0 Å².